The van der Waals surface area contributed by atoms with E-state index in [1.165, 1.54) is 27.2 Å². The van der Waals surface area contributed by atoms with Gasteiger partial charge in [-0.25, -0.2) is 9.97 Å². The standard InChI is InChI=1S/C52H37N5O/c1-52(2,3)32-27-28-53-48(29-32)56-43-18-10-7-15-37(43)38-24-22-35(31-47(38)56)58-34-21-23-36-39-25-26-46-49(40-16-8-11-19-44(40)55(46)33-13-5-4-6-14-33)50(39)57-45-20-12-9-17-42(45)54-51(57)41(36)30-34/h4-31H,1-3H3. The Labute approximate surface area is 333 Å². The van der Waals surface area contributed by atoms with E-state index in [4.69, 9.17) is 14.7 Å². The predicted octanol–water partition coefficient (Wildman–Crippen LogP) is 13.5. The number of imidazole rings is 1. The fourth-order valence-corrected chi connectivity index (χ4v) is 9.19. The second-order valence-corrected chi connectivity index (χ2v) is 16.3. The van der Waals surface area contributed by atoms with Crippen LogP contribution in [0.4, 0.5) is 0 Å². The molecule has 0 fully saturated rings. The van der Waals surface area contributed by atoms with Crippen LogP contribution >= 0.6 is 0 Å². The van der Waals surface area contributed by atoms with Crippen molar-refractivity contribution >= 4 is 82.0 Å². The van der Waals surface area contributed by atoms with E-state index in [1.807, 2.05) is 6.20 Å². The summed E-state index contributed by atoms with van der Waals surface area (Å²) in [6, 6.07) is 58.1. The molecule has 0 bridgehead atoms. The van der Waals surface area contributed by atoms with E-state index < -0.39 is 0 Å². The SMILES string of the molecule is CC(C)(C)c1ccnc(-n2c3ccccc3c3ccc(Oc4ccc5c(c4)c4nc6ccccc6n4c4c5ccc5c4c4ccccc4n5-c4ccccc4)cc32)c1. The van der Waals surface area contributed by atoms with Crippen LogP contribution in [0, 0.1) is 0 Å². The number of fused-ring (bicyclic) bond motifs is 15. The number of rotatable bonds is 4. The van der Waals surface area contributed by atoms with E-state index in [2.05, 4.69) is 198 Å². The molecule has 0 unspecified atom stereocenters. The molecule has 0 saturated carbocycles. The van der Waals surface area contributed by atoms with Gasteiger partial charge in [0, 0.05) is 50.3 Å². The van der Waals surface area contributed by atoms with Crippen LogP contribution in [-0.4, -0.2) is 23.5 Å². The van der Waals surface area contributed by atoms with Crippen molar-refractivity contribution in [3.8, 4) is 23.0 Å². The summed E-state index contributed by atoms with van der Waals surface area (Å²) in [6.07, 6.45) is 1.92. The highest BCUT2D eigenvalue weighted by Crippen LogP contribution is 2.43. The van der Waals surface area contributed by atoms with Crippen LogP contribution in [0.15, 0.2) is 170 Å². The molecule has 58 heavy (non-hydrogen) atoms. The van der Waals surface area contributed by atoms with Gasteiger partial charge in [-0.2, -0.15) is 0 Å². The van der Waals surface area contributed by atoms with Crippen LogP contribution in [0.3, 0.4) is 0 Å². The van der Waals surface area contributed by atoms with Gasteiger partial charge in [-0.05, 0) is 101 Å². The van der Waals surface area contributed by atoms with Crippen molar-refractivity contribution in [1.82, 2.24) is 23.5 Å². The van der Waals surface area contributed by atoms with E-state index in [0.29, 0.717) is 0 Å². The molecule has 0 aliphatic heterocycles. The van der Waals surface area contributed by atoms with Gasteiger partial charge in [0.05, 0.1) is 38.6 Å². The molecule has 7 aromatic carbocycles. The highest BCUT2D eigenvalue weighted by atomic mass is 16.5. The summed E-state index contributed by atoms with van der Waals surface area (Å²) in [5.41, 5.74) is 10.9. The molecule has 12 aromatic rings. The molecule has 0 aliphatic rings. The summed E-state index contributed by atoms with van der Waals surface area (Å²) in [7, 11) is 0. The molecular formula is C52H37N5O. The lowest BCUT2D eigenvalue weighted by Crippen LogP contribution is -2.12. The Bertz CT molecular complexity index is 3640. The topological polar surface area (TPSA) is 49.3 Å². The fourth-order valence-electron chi connectivity index (χ4n) is 9.19. The van der Waals surface area contributed by atoms with Crippen molar-refractivity contribution in [3.05, 3.63) is 176 Å². The largest absolute Gasteiger partial charge is 0.457 e. The Kier molecular flexibility index (Phi) is 6.80. The average molecular weight is 748 g/mol. The zero-order chi connectivity index (χ0) is 38.7. The Morgan fingerprint density at radius 2 is 1.14 bits per heavy atom. The minimum Gasteiger partial charge on any atom is -0.457 e. The number of nitrogens with zero attached hydrogens (tertiary/aromatic N) is 5. The third-order valence-corrected chi connectivity index (χ3v) is 11.9. The molecule has 0 radical (unpaired) electrons. The smallest absolute Gasteiger partial charge is 0.146 e. The molecular weight excluding hydrogens is 711 g/mol. The summed E-state index contributed by atoms with van der Waals surface area (Å²) >= 11 is 0. The minimum absolute atomic E-state index is 0.00864. The summed E-state index contributed by atoms with van der Waals surface area (Å²) in [5.74, 6) is 2.39. The molecule has 0 atom stereocenters. The molecule has 276 valence electrons. The zero-order valence-electron chi connectivity index (χ0n) is 32.3. The quantitative estimate of drug-likeness (QED) is 0.168. The fraction of sp³-hybridized carbons (Fsp3) is 0.0769. The zero-order valence-corrected chi connectivity index (χ0v) is 32.3. The first-order chi connectivity index (χ1) is 28.4. The van der Waals surface area contributed by atoms with E-state index in [-0.39, 0.29) is 5.41 Å². The number of aromatic nitrogens is 5. The summed E-state index contributed by atoms with van der Waals surface area (Å²) in [6.45, 7) is 6.71. The highest BCUT2D eigenvalue weighted by molar-refractivity contribution is 6.27. The molecule has 6 nitrogen and oxygen atoms in total. The van der Waals surface area contributed by atoms with Crippen LogP contribution in [-0.2, 0) is 5.41 Å². The molecule has 0 aliphatic carbocycles. The van der Waals surface area contributed by atoms with Crippen molar-refractivity contribution in [2.45, 2.75) is 26.2 Å². The number of pyridine rings is 2. The summed E-state index contributed by atoms with van der Waals surface area (Å²) in [5, 5.41) is 8.07. The lowest BCUT2D eigenvalue weighted by molar-refractivity contribution is 0.484. The van der Waals surface area contributed by atoms with Gasteiger partial charge in [0.25, 0.3) is 0 Å². The maximum Gasteiger partial charge on any atom is 0.146 e. The highest BCUT2D eigenvalue weighted by Gasteiger charge is 2.22. The monoisotopic (exact) mass is 747 g/mol. The van der Waals surface area contributed by atoms with Crippen molar-refractivity contribution in [3.63, 3.8) is 0 Å². The van der Waals surface area contributed by atoms with Crippen LogP contribution in [0.5, 0.6) is 11.5 Å². The first-order valence-electron chi connectivity index (χ1n) is 19.8. The van der Waals surface area contributed by atoms with E-state index in [1.54, 1.807) is 0 Å². The number of hydrogen-bond donors (Lipinski definition) is 0. The van der Waals surface area contributed by atoms with Crippen LogP contribution in [0.2, 0.25) is 0 Å². The van der Waals surface area contributed by atoms with Gasteiger partial charge >= 0.3 is 0 Å². The maximum atomic E-state index is 6.80. The summed E-state index contributed by atoms with van der Waals surface area (Å²) in [4.78, 5) is 10.2. The second kappa shape index (κ2) is 12.0. The van der Waals surface area contributed by atoms with Gasteiger partial charge in [-0.15, -0.1) is 0 Å². The Morgan fingerprint density at radius 3 is 1.95 bits per heavy atom. The first kappa shape index (κ1) is 32.8. The van der Waals surface area contributed by atoms with Gasteiger partial charge in [0.1, 0.15) is 23.0 Å². The van der Waals surface area contributed by atoms with Crippen LogP contribution < -0.4 is 4.74 Å². The van der Waals surface area contributed by atoms with Gasteiger partial charge in [0.15, 0.2) is 0 Å². The molecule has 12 rings (SSSR count). The van der Waals surface area contributed by atoms with Gasteiger partial charge in [-0.3, -0.25) is 8.97 Å². The second-order valence-electron chi connectivity index (χ2n) is 16.3. The number of benzene rings is 7. The maximum absolute atomic E-state index is 6.80. The Balaban J connectivity index is 1.08. The lowest BCUT2D eigenvalue weighted by Gasteiger charge is -2.20. The van der Waals surface area contributed by atoms with Crippen molar-refractivity contribution in [1.29, 1.82) is 0 Å². The van der Waals surface area contributed by atoms with Crippen molar-refractivity contribution < 1.29 is 4.74 Å². The van der Waals surface area contributed by atoms with Gasteiger partial charge in [-0.1, -0.05) is 93.6 Å². The number of hydrogen-bond acceptors (Lipinski definition) is 3. The molecule has 5 aromatic heterocycles. The van der Waals surface area contributed by atoms with Crippen molar-refractivity contribution in [2.75, 3.05) is 0 Å². The van der Waals surface area contributed by atoms with Crippen LogP contribution in [0.25, 0.3) is 93.5 Å². The predicted molar refractivity (Wildman–Crippen MR) is 239 cm³/mol. The van der Waals surface area contributed by atoms with E-state index in [9.17, 15) is 0 Å². The molecule has 6 heteroatoms. The van der Waals surface area contributed by atoms with Crippen molar-refractivity contribution in [2.24, 2.45) is 0 Å². The third kappa shape index (κ3) is 4.72. The normalized spacial score (nSPS) is 12.4. The molecule has 0 N–H and O–H groups in total. The first-order valence-corrected chi connectivity index (χ1v) is 19.8. The lowest BCUT2D eigenvalue weighted by atomic mass is 9.88. The molecule has 0 spiro atoms. The molecule has 0 saturated heterocycles. The average Bonchev–Trinajstić information content (AvgIpc) is 3.92. The molecule has 0 amide bonds. The third-order valence-electron chi connectivity index (χ3n) is 11.9. The number of para-hydroxylation sites is 5. The Morgan fingerprint density at radius 1 is 0.483 bits per heavy atom. The van der Waals surface area contributed by atoms with E-state index in [0.717, 1.165) is 83.3 Å². The molecule has 5 heterocycles. The van der Waals surface area contributed by atoms with E-state index >= 15 is 0 Å². The summed E-state index contributed by atoms with van der Waals surface area (Å²) < 4.78 is 13.8. The van der Waals surface area contributed by atoms with Crippen LogP contribution in [0.1, 0.15) is 26.3 Å². The van der Waals surface area contributed by atoms with Gasteiger partial charge in [0.2, 0.25) is 0 Å². The Hall–Kier alpha value is -7.44. The van der Waals surface area contributed by atoms with Gasteiger partial charge < -0.3 is 9.30 Å². The number of ether oxygens (including phenoxy) is 1. The minimum atomic E-state index is -0.00864.